The van der Waals surface area contributed by atoms with Crippen LogP contribution in [0.15, 0.2) is 0 Å². The van der Waals surface area contributed by atoms with E-state index < -0.39 is 5.97 Å². The molecule has 0 saturated heterocycles. The molecule has 0 amide bonds. The Labute approximate surface area is 112 Å². The van der Waals surface area contributed by atoms with E-state index in [-0.39, 0.29) is 0 Å². The maximum absolute atomic E-state index is 11.4. The first-order valence-electron chi connectivity index (χ1n) is 7.11. The van der Waals surface area contributed by atoms with E-state index in [9.17, 15) is 9.90 Å². The summed E-state index contributed by atoms with van der Waals surface area (Å²) in [6.07, 6.45) is 4.16. The molecule has 0 aromatic carbocycles. The number of aryl methyl sites for hydroxylation is 2. The number of hydrogen-bond acceptors (Lipinski definition) is 3. The summed E-state index contributed by atoms with van der Waals surface area (Å²) < 4.78 is 1.68. The van der Waals surface area contributed by atoms with Gasteiger partial charge in [0.25, 0.3) is 0 Å². The number of fused-ring (bicyclic) bond motifs is 5. The zero-order valence-corrected chi connectivity index (χ0v) is 11.3. The molecule has 0 spiro atoms. The average Bonchev–Trinajstić information content (AvgIpc) is 2.69. The van der Waals surface area contributed by atoms with Crippen LogP contribution in [0.5, 0.6) is 0 Å². The lowest BCUT2D eigenvalue weighted by molar-refractivity contribution is 0.0697. The minimum Gasteiger partial charge on any atom is -0.477 e. The molecular formula is C14H19N3O2. The number of aromatic nitrogens is 2. The Hall–Kier alpha value is -1.52. The van der Waals surface area contributed by atoms with E-state index in [0.717, 1.165) is 23.7 Å². The number of rotatable bonds is 3. The molecule has 0 radical (unpaired) electrons. The summed E-state index contributed by atoms with van der Waals surface area (Å²) in [4.78, 5) is 11.4. The Morgan fingerprint density at radius 3 is 2.58 bits per heavy atom. The highest BCUT2D eigenvalue weighted by Gasteiger charge is 2.65. The maximum atomic E-state index is 11.4. The van der Waals surface area contributed by atoms with Crippen LogP contribution in [0.2, 0.25) is 0 Å². The van der Waals surface area contributed by atoms with E-state index in [1.807, 2.05) is 7.05 Å². The SMILES string of the molecule is Cc1nn(C)c(NC2C3C4CCC(C4)C23)c1C(=O)O. The van der Waals surface area contributed by atoms with Crippen LogP contribution in [0, 0.1) is 30.6 Å². The standard InChI is InChI=1S/C14H19N3O2/c1-6-9(14(18)19)13(17(2)16-6)15-12-10-7-3-4-8(5-7)11(10)12/h7-8,10-12,15H,3-5H2,1-2H3,(H,18,19). The average molecular weight is 261 g/mol. The second-order valence-electron chi connectivity index (χ2n) is 6.40. The number of aromatic carboxylic acids is 1. The van der Waals surface area contributed by atoms with Crippen LogP contribution >= 0.6 is 0 Å². The molecule has 3 aliphatic rings. The molecule has 5 nitrogen and oxygen atoms in total. The molecular weight excluding hydrogens is 242 g/mol. The molecule has 4 unspecified atom stereocenters. The summed E-state index contributed by atoms with van der Waals surface area (Å²) in [5.74, 6) is 3.14. The van der Waals surface area contributed by atoms with Gasteiger partial charge >= 0.3 is 5.97 Å². The summed E-state index contributed by atoms with van der Waals surface area (Å²) >= 11 is 0. The largest absolute Gasteiger partial charge is 0.477 e. The monoisotopic (exact) mass is 261 g/mol. The van der Waals surface area contributed by atoms with Crippen LogP contribution in [-0.4, -0.2) is 26.9 Å². The van der Waals surface area contributed by atoms with E-state index >= 15 is 0 Å². The zero-order valence-electron chi connectivity index (χ0n) is 11.3. The number of carbonyl (C=O) groups is 1. The number of nitrogens with one attached hydrogen (secondary N) is 1. The van der Waals surface area contributed by atoms with Crippen molar-refractivity contribution in [2.75, 3.05) is 5.32 Å². The fourth-order valence-corrected chi connectivity index (χ4v) is 4.76. The molecule has 102 valence electrons. The molecule has 1 heterocycles. The van der Waals surface area contributed by atoms with Gasteiger partial charge in [0, 0.05) is 13.1 Å². The van der Waals surface area contributed by atoms with Gasteiger partial charge in [-0.2, -0.15) is 5.10 Å². The summed E-state index contributed by atoms with van der Waals surface area (Å²) in [6, 6.07) is 0.485. The zero-order chi connectivity index (χ0) is 13.3. The van der Waals surface area contributed by atoms with Crippen molar-refractivity contribution in [1.82, 2.24) is 9.78 Å². The first kappa shape index (κ1) is 11.3. The molecule has 1 aromatic rings. The van der Waals surface area contributed by atoms with Gasteiger partial charge in [0.05, 0.1) is 5.69 Å². The lowest BCUT2D eigenvalue weighted by Gasteiger charge is -2.12. The third-order valence-corrected chi connectivity index (χ3v) is 5.47. The van der Waals surface area contributed by atoms with E-state index in [1.165, 1.54) is 19.3 Å². The minimum absolute atomic E-state index is 0.333. The number of hydrogen-bond donors (Lipinski definition) is 2. The van der Waals surface area contributed by atoms with Crippen molar-refractivity contribution in [3.8, 4) is 0 Å². The second kappa shape index (κ2) is 3.52. The minimum atomic E-state index is -0.887. The van der Waals surface area contributed by atoms with Gasteiger partial charge in [-0.3, -0.25) is 4.68 Å². The van der Waals surface area contributed by atoms with Gasteiger partial charge in [-0.25, -0.2) is 4.79 Å². The normalized spacial score (nSPS) is 38.3. The van der Waals surface area contributed by atoms with Gasteiger partial charge in [-0.1, -0.05) is 0 Å². The summed E-state index contributed by atoms with van der Waals surface area (Å²) in [5, 5.41) is 17.0. The summed E-state index contributed by atoms with van der Waals surface area (Å²) in [6.45, 7) is 1.76. The molecule has 2 N–H and O–H groups in total. The molecule has 19 heavy (non-hydrogen) atoms. The molecule has 4 atom stereocenters. The van der Waals surface area contributed by atoms with Crippen molar-refractivity contribution < 1.29 is 9.90 Å². The van der Waals surface area contributed by atoms with Crippen LogP contribution in [0.3, 0.4) is 0 Å². The van der Waals surface area contributed by atoms with Gasteiger partial charge in [-0.15, -0.1) is 0 Å². The Morgan fingerprint density at radius 1 is 1.37 bits per heavy atom. The Bertz CT molecular complexity index is 549. The lowest BCUT2D eigenvalue weighted by atomic mass is 10.0. The van der Waals surface area contributed by atoms with Crippen molar-refractivity contribution in [1.29, 1.82) is 0 Å². The molecule has 4 rings (SSSR count). The van der Waals surface area contributed by atoms with Crippen molar-refractivity contribution in [2.45, 2.75) is 32.2 Å². The number of anilines is 1. The van der Waals surface area contributed by atoms with Gasteiger partial charge in [0.1, 0.15) is 11.4 Å². The molecule has 2 bridgehead atoms. The van der Waals surface area contributed by atoms with E-state index in [2.05, 4.69) is 10.4 Å². The predicted molar refractivity (Wildman–Crippen MR) is 70.1 cm³/mol. The van der Waals surface area contributed by atoms with Gasteiger partial charge < -0.3 is 10.4 Å². The van der Waals surface area contributed by atoms with Crippen molar-refractivity contribution >= 4 is 11.8 Å². The summed E-state index contributed by atoms with van der Waals surface area (Å²) in [7, 11) is 1.81. The lowest BCUT2D eigenvalue weighted by Crippen LogP contribution is -2.17. The van der Waals surface area contributed by atoms with Crippen LogP contribution < -0.4 is 5.32 Å². The number of carboxylic acid groups (broad SMARTS) is 1. The number of nitrogens with zero attached hydrogens (tertiary/aromatic N) is 2. The quantitative estimate of drug-likeness (QED) is 0.872. The fraction of sp³-hybridized carbons (Fsp3) is 0.714. The smallest absolute Gasteiger partial charge is 0.341 e. The van der Waals surface area contributed by atoms with E-state index in [4.69, 9.17) is 0 Å². The van der Waals surface area contributed by atoms with Crippen LogP contribution in [0.4, 0.5) is 5.82 Å². The Kier molecular flexibility index (Phi) is 2.10. The predicted octanol–water partition coefficient (Wildman–Crippen LogP) is 1.88. The van der Waals surface area contributed by atoms with Gasteiger partial charge in [0.15, 0.2) is 0 Å². The van der Waals surface area contributed by atoms with Crippen molar-refractivity contribution in [3.05, 3.63) is 11.3 Å². The molecule has 5 heteroatoms. The Morgan fingerprint density at radius 2 is 2.00 bits per heavy atom. The van der Waals surface area contributed by atoms with Crippen LogP contribution in [0.1, 0.15) is 35.3 Å². The molecule has 0 aliphatic heterocycles. The van der Waals surface area contributed by atoms with Crippen molar-refractivity contribution in [2.24, 2.45) is 30.7 Å². The maximum Gasteiger partial charge on any atom is 0.341 e. The highest BCUT2D eigenvalue weighted by atomic mass is 16.4. The van der Waals surface area contributed by atoms with Crippen molar-refractivity contribution in [3.63, 3.8) is 0 Å². The summed E-state index contributed by atoms with van der Waals surface area (Å²) in [5.41, 5.74) is 0.922. The fourth-order valence-electron chi connectivity index (χ4n) is 4.76. The highest BCUT2D eigenvalue weighted by Crippen LogP contribution is 2.66. The molecule has 3 fully saturated rings. The van der Waals surface area contributed by atoms with Crippen LogP contribution in [0.25, 0.3) is 0 Å². The first-order chi connectivity index (χ1) is 9.08. The van der Waals surface area contributed by atoms with Crippen LogP contribution in [-0.2, 0) is 7.05 Å². The van der Waals surface area contributed by atoms with Gasteiger partial charge in [-0.05, 0) is 49.9 Å². The molecule has 3 aliphatic carbocycles. The van der Waals surface area contributed by atoms with E-state index in [0.29, 0.717) is 23.1 Å². The first-order valence-corrected chi connectivity index (χ1v) is 7.11. The molecule has 1 aromatic heterocycles. The highest BCUT2D eigenvalue weighted by molar-refractivity contribution is 5.94. The Balaban J connectivity index is 1.60. The second-order valence-corrected chi connectivity index (χ2v) is 6.40. The van der Waals surface area contributed by atoms with E-state index in [1.54, 1.807) is 11.6 Å². The van der Waals surface area contributed by atoms with Gasteiger partial charge in [0.2, 0.25) is 0 Å². The topological polar surface area (TPSA) is 67.2 Å². The third-order valence-electron chi connectivity index (χ3n) is 5.47. The third kappa shape index (κ3) is 1.41. The molecule has 3 saturated carbocycles. The number of carboxylic acids is 1.